The molecule has 0 aliphatic heterocycles. The molecule has 0 atom stereocenters. The molecule has 0 aromatic heterocycles. The summed E-state index contributed by atoms with van der Waals surface area (Å²) in [7, 11) is 0. The Morgan fingerprint density at radius 2 is 2.24 bits per heavy atom. The van der Waals surface area contributed by atoms with Gasteiger partial charge in [-0.1, -0.05) is 15.9 Å². The number of nitrogens with zero attached hydrogens (tertiary/aromatic N) is 1. The molecule has 0 radical (unpaired) electrons. The van der Waals surface area contributed by atoms with E-state index in [0.717, 1.165) is 10.9 Å². The fraction of sp³-hybridized carbons (Fsp3) is 0.333. The van der Waals surface area contributed by atoms with Crippen LogP contribution in [0.25, 0.3) is 0 Å². The molecule has 1 amide bonds. The molecule has 3 N–H and O–H groups in total. The number of amides is 1. The molecule has 17 heavy (non-hydrogen) atoms. The van der Waals surface area contributed by atoms with Crippen molar-refractivity contribution in [2.24, 2.45) is 5.73 Å². The number of halogens is 1. The van der Waals surface area contributed by atoms with Crippen LogP contribution in [0.5, 0.6) is 0 Å². The maximum absolute atomic E-state index is 11.9. The van der Waals surface area contributed by atoms with Gasteiger partial charge in [-0.2, -0.15) is 5.26 Å². The second-order valence-electron chi connectivity index (χ2n) is 4.27. The minimum Gasteiger partial charge on any atom is -0.323 e. The highest BCUT2D eigenvalue weighted by atomic mass is 79.9. The Bertz CT molecular complexity index is 503. The Hall–Kier alpha value is -1.38. The Morgan fingerprint density at radius 3 is 2.76 bits per heavy atom. The van der Waals surface area contributed by atoms with Crippen LogP contribution in [0.1, 0.15) is 24.8 Å². The minimum absolute atomic E-state index is 0.206. The molecule has 4 nitrogen and oxygen atoms in total. The van der Waals surface area contributed by atoms with Gasteiger partial charge in [-0.25, -0.2) is 0 Å². The van der Waals surface area contributed by atoms with Crippen molar-refractivity contribution in [1.82, 2.24) is 0 Å². The fourth-order valence-corrected chi connectivity index (χ4v) is 2.11. The average molecular weight is 294 g/mol. The molecule has 2 rings (SSSR count). The summed E-state index contributed by atoms with van der Waals surface area (Å²) in [6, 6.07) is 7.19. The predicted octanol–water partition coefficient (Wildman–Crippen LogP) is 2.14. The minimum atomic E-state index is -0.750. The lowest BCUT2D eigenvalue weighted by atomic mass is 9.77. The Kier molecular flexibility index (Phi) is 3.18. The zero-order valence-electron chi connectivity index (χ0n) is 9.16. The van der Waals surface area contributed by atoms with E-state index >= 15 is 0 Å². The molecule has 0 heterocycles. The first-order valence-corrected chi connectivity index (χ1v) is 6.14. The molecular formula is C12H12BrN3O. The average Bonchev–Trinajstić information content (AvgIpc) is 2.28. The number of anilines is 1. The summed E-state index contributed by atoms with van der Waals surface area (Å²) < 4.78 is 0.804. The molecule has 0 bridgehead atoms. The Labute approximate surface area is 108 Å². The lowest BCUT2D eigenvalue weighted by molar-refractivity contribution is -0.123. The number of nitriles is 1. The van der Waals surface area contributed by atoms with Gasteiger partial charge in [0.2, 0.25) is 5.91 Å². The van der Waals surface area contributed by atoms with Gasteiger partial charge in [-0.15, -0.1) is 0 Å². The molecule has 1 aromatic carbocycles. The van der Waals surface area contributed by atoms with E-state index in [4.69, 9.17) is 11.0 Å². The van der Waals surface area contributed by atoms with Gasteiger partial charge in [0.25, 0.3) is 0 Å². The van der Waals surface area contributed by atoms with Crippen molar-refractivity contribution >= 4 is 27.5 Å². The second kappa shape index (κ2) is 4.47. The maximum atomic E-state index is 11.9. The van der Waals surface area contributed by atoms with Gasteiger partial charge in [-0.05, 0) is 37.5 Å². The molecule has 1 saturated carbocycles. The highest BCUT2D eigenvalue weighted by molar-refractivity contribution is 9.10. The lowest BCUT2D eigenvalue weighted by Gasteiger charge is -2.36. The molecule has 0 saturated heterocycles. The number of nitrogens with one attached hydrogen (secondary N) is 1. The van der Waals surface area contributed by atoms with E-state index in [-0.39, 0.29) is 5.91 Å². The number of rotatable bonds is 2. The van der Waals surface area contributed by atoms with Crippen LogP contribution in [-0.2, 0) is 4.79 Å². The maximum Gasteiger partial charge on any atom is 0.244 e. The van der Waals surface area contributed by atoms with Crippen molar-refractivity contribution in [3.05, 3.63) is 28.2 Å². The van der Waals surface area contributed by atoms with Crippen molar-refractivity contribution < 1.29 is 4.79 Å². The van der Waals surface area contributed by atoms with Crippen molar-refractivity contribution in [3.63, 3.8) is 0 Å². The van der Waals surface area contributed by atoms with Crippen LogP contribution >= 0.6 is 15.9 Å². The third-order valence-corrected chi connectivity index (χ3v) is 3.54. The molecule has 0 spiro atoms. The van der Waals surface area contributed by atoms with E-state index in [1.807, 2.05) is 6.07 Å². The highest BCUT2D eigenvalue weighted by Gasteiger charge is 2.40. The first-order valence-electron chi connectivity index (χ1n) is 5.35. The lowest BCUT2D eigenvalue weighted by Crippen LogP contribution is -2.56. The molecule has 0 unspecified atom stereocenters. The molecular weight excluding hydrogens is 282 g/mol. The van der Waals surface area contributed by atoms with Gasteiger partial charge in [0, 0.05) is 4.47 Å². The summed E-state index contributed by atoms with van der Waals surface area (Å²) in [4.78, 5) is 11.9. The van der Waals surface area contributed by atoms with Gasteiger partial charge in [-0.3, -0.25) is 4.79 Å². The molecule has 1 aliphatic rings. The molecule has 1 fully saturated rings. The number of hydrogen-bond acceptors (Lipinski definition) is 3. The zero-order valence-corrected chi connectivity index (χ0v) is 10.8. The van der Waals surface area contributed by atoms with Crippen LogP contribution < -0.4 is 11.1 Å². The Morgan fingerprint density at radius 1 is 1.53 bits per heavy atom. The van der Waals surface area contributed by atoms with Crippen LogP contribution in [0, 0.1) is 11.3 Å². The van der Waals surface area contributed by atoms with E-state index in [1.54, 1.807) is 18.2 Å². The van der Waals surface area contributed by atoms with Gasteiger partial charge in [0.15, 0.2) is 0 Å². The van der Waals surface area contributed by atoms with E-state index in [2.05, 4.69) is 21.2 Å². The topological polar surface area (TPSA) is 78.9 Å². The van der Waals surface area contributed by atoms with Crippen LogP contribution in [0.2, 0.25) is 0 Å². The third-order valence-electron chi connectivity index (χ3n) is 3.05. The molecule has 1 aromatic rings. The standard InChI is InChI=1S/C12H12BrN3O/c13-9-2-3-10(8(6-9)7-14)16-11(17)12(15)4-1-5-12/h2-3,6H,1,4-5,15H2,(H,16,17). The first-order chi connectivity index (χ1) is 8.05. The van der Waals surface area contributed by atoms with Crippen LogP contribution in [0.15, 0.2) is 22.7 Å². The van der Waals surface area contributed by atoms with Gasteiger partial charge in [0.1, 0.15) is 6.07 Å². The molecule has 1 aliphatic carbocycles. The second-order valence-corrected chi connectivity index (χ2v) is 5.18. The summed E-state index contributed by atoms with van der Waals surface area (Å²) in [6.45, 7) is 0. The normalized spacial score (nSPS) is 16.8. The highest BCUT2D eigenvalue weighted by Crippen LogP contribution is 2.31. The zero-order chi connectivity index (χ0) is 12.5. The van der Waals surface area contributed by atoms with Crippen molar-refractivity contribution in [2.75, 3.05) is 5.32 Å². The van der Waals surface area contributed by atoms with Crippen molar-refractivity contribution in [2.45, 2.75) is 24.8 Å². The largest absolute Gasteiger partial charge is 0.323 e. The SMILES string of the molecule is N#Cc1cc(Br)ccc1NC(=O)C1(N)CCC1. The van der Waals surface area contributed by atoms with E-state index in [0.29, 0.717) is 24.1 Å². The van der Waals surface area contributed by atoms with Crippen LogP contribution in [-0.4, -0.2) is 11.4 Å². The summed E-state index contributed by atoms with van der Waals surface area (Å²) in [5, 5.41) is 11.7. The predicted molar refractivity (Wildman–Crippen MR) is 68.3 cm³/mol. The first kappa shape index (κ1) is 12.1. The number of carbonyl (C=O) groups excluding carboxylic acids is 1. The van der Waals surface area contributed by atoms with Gasteiger partial charge < -0.3 is 11.1 Å². The summed E-state index contributed by atoms with van der Waals surface area (Å²) in [5.41, 5.74) is 6.10. The summed E-state index contributed by atoms with van der Waals surface area (Å²) in [6.07, 6.45) is 2.39. The smallest absolute Gasteiger partial charge is 0.244 e. The quantitative estimate of drug-likeness (QED) is 0.877. The third kappa shape index (κ3) is 2.33. The van der Waals surface area contributed by atoms with Crippen molar-refractivity contribution in [3.8, 4) is 6.07 Å². The monoisotopic (exact) mass is 293 g/mol. The molecule has 5 heteroatoms. The molecule has 88 valence electrons. The summed E-state index contributed by atoms with van der Waals surface area (Å²) >= 11 is 3.28. The fourth-order valence-electron chi connectivity index (χ4n) is 1.75. The summed E-state index contributed by atoms with van der Waals surface area (Å²) in [5.74, 6) is -0.206. The number of nitrogens with two attached hydrogens (primary N) is 1. The van der Waals surface area contributed by atoms with E-state index in [9.17, 15) is 4.79 Å². The van der Waals surface area contributed by atoms with Gasteiger partial charge in [0.05, 0.1) is 16.8 Å². The number of carbonyl (C=O) groups is 1. The van der Waals surface area contributed by atoms with Crippen LogP contribution in [0.3, 0.4) is 0 Å². The number of hydrogen-bond donors (Lipinski definition) is 2. The Balaban J connectivity index is 2.19. The van der Waals surface area contributed by atoms with E-state index in [1.165, 1.54) is 0 Å². The van der Waals surface area contributed by atoms with Gasteiger partial charge >= 0.3 is 0 Å². The van der Waals surface area contributed by atoms with Crippen LogP contribution in [0.4, 0.5) is 5.69 Å². The number of benzene rings is 1. The van der Waals surface area contributed by atoms with Crippen molar-refractivity contribution in [1.29, 1.82) is 5.26 Å². The van der Waals surface area contributed by atoms with E-state index < -0.39 is 5.54 Å².